The predicted octanol–water partition coefficient (Wildman–Crippen LogP) is 3.59. The van der Waals surface area contributed by atoms with Gasteiger partial charge in [0.05, 0.1) is 11.6 Å². The molecule has 1 atom stereocenters. The molecule has 5 heteroatoms. The molecular weight excluding hydrogens is 362 g/mol. The molecule has 0 saturated heterocycles. The molecule has 102 valence electrons. The van der Waals surface area contributed by atoms with Gasteiger partial charge in [-0.2, -0.15) is 0 Å². The fourth-order valence-electron chi connectivity index (χ4n) is 1.77. The van der Waals surface area contributed by atoms with Crippen molar-refractivity contribution in [3.05, 3.63) is 26.6 Å². The highest BCUT2D eigenvalue weighted by atomic mass is 79.9. The van der Waals surface area contributed by atoms with Crippen molar-refractivity contribution in [1.29, 1.82) is 0 Å². The normalized spacial score (nSPS) is 12.5. The van der Waals surface area contributed by atoms with Gasteiger partial charge in [0, 0.05) is 36.8 Å². The molecule has 0 bridgehead atoms. The van der Waals surface area contributed by atoms with E-state index in [1.807, 2.05) is 6.07 Å². The summed E-state index contributed by atoms with van der Waals surface area (Å²) in [4.78, 5) is 0. The molecule has 0 heterocycles. The second kappa shape index (κ2) is 8.15. The Kier molecular flexibility index (Phi) is 7.22. The standard InChI is InChI=1S/C13H19Br2NO2/c1-9(8-17-2)6-16-7-10-4-11(14)5-12(15)13(10)18-3/h4-5,9,16H,6-8H2,1-3H3. The molecule has 1 aromatic carbocycles. The number of ether oxygens (including phenoxy) is 2. The summed E-state index contributed by atoms with van der Waals surface area (Å²) in [7, 11) is 3.41. The van der Waals surface area contributed by atoms with Crippen molar-refractivity contribution in [1.82, 2.24) is 5.32 Å². The van der Waals surface area contributed by atoms with Crippen molar-refractivity contribution < 1.29 is 9.47 Å². The average Bonchev–Trinajstić information content (AvgIpc) is 2.28. The largest absolute Gasteiger partial charge is 0.495 e. The number of nitrogens with one attached hydrogen (secondary N) is 1. The Hall–Kier alpha value is -0.100. The SMILES string of the molecule is COCC(C)CNCc1cc(Br)cc(Br)c1OC. The monoisotopic (exact) mass is 379 g/mol. The van der Waals surface area contributed by atoms with E-state index in [-0.39, 0.29) is 0 Å². The maximum absolute atomic E-state index is 5.40. The van der Waals surface area contributed by atoms with Gasteiger partial charge in [-0.1, -0.05) is 22.9 Å². The first kappa shape index (κ1) is 16.0. The number of hydrogen-bond acceptors (Lipinski definition) is 3. The molecule has 0 aromatic heterocycles. The lowest BCUT2D eigenvalue weighted by Crippen LogP contribution is -2.23. The van der Waals surface area contributed by atoms with Crippen LogP contribution >= 0.6 is 31.9 Å². The third-order valence-electron chi connectivity index (χ3n) is 2.55. The van der Waals surface area contributed by atoms with Gasteiger partial charge in [-0.3, -0.25) is 0 Å². The van der Waals surface area contributed by atoms with E-state index in [4.69, 9.17) is 9.47 Å². The maximum atomic E-state index is 5.40. The summed E-state index contributed by atoms with van der Waals surface area (Å²) in [6.45, 7) is 4.62. The molecule has 0 amide bonds. The van der Waals surface area contributed by atoms with Crippen LogP contribution in [-0.4, -0.2) is 27.4 Å². The van der Waals surface area contributed by atoms with Crippen molar-refractivity contribution in [3.63, 3.8) is 0 Å². The molecule has 0 fully saturated rings. The molecule has 1 unspecified atom stereocenters. The summed E-state index contributed by atoms with van der Waals surface area (Å²) in [5, 5.41) is 3.41. The number of hydrogen-bond donors (Lipinski definition) is 1. The number of methoxy groups -OCH3 is 2. The first-order valence-electron chi connectivity index (χ1n) is 5.80. The third-order valence-corrected chi connectivity index (χ3v) is 3.60. The van der Waals surface area contributed by atoms with Crippen LogP contribution in [0, 0.1) is 5.92 Å². The van der Waals surface area contributed by atoms with Crippen molar-refractivity contribution in [2.45, 2.75) is 13.5 Å². The van der Waals surface area contributed by atoms with Crippen LogP contribution in [0.4, 0.5) is 0 Å². The van der Waals surface area contributed by atoms with E-state index in [0.717, 1.165) is 40.0 Å². The Morgan fingerprint density at radius 1 is 1.28 bits per heavy atom. The predicted molar refractivity (Wildman–Crippen MR) is 81.1 cm³/mol. The van der Waals surface area contributed by atoms with E-state index in [1.54, 1.807) is 14.2 Å². The molecule has 1 rings (SSSR count). The van der Waals surface area contributed by atoms with Crippen LogP contribution in [0.5, 0.6) is 5.75 Å². The maximum Gasteiger partial charge on any atom is 0.137 e. The summed E-state index contributed by atoms with van der Waals surface area (Å²) in [5.74, 6) is 1.38. The van der Waals surface area contributed by atoms with E-state index < -0.39 is 0 Å². The minimum absolute atomic E-state index is 0.497. The Bertz CT molecular complexity index is 385. The lowest BCUT2D eigenvalue weighted by Gasteiger charge is -2.14. The molecule has 1 aromatic rings. The van der Waals surface area contributed by atoms with Crippen molar-refractivity contribution in [2.24, 2.45) is 5.92 Å². The topological polar surface area (TPSA) is 30.5 Å². The summed E-state index contributed by atoms with van der Waals surface area (Å²) in [6, 6.07) is 4.05. The fraction of sp³-hybridized carbons (Fsp3) is 0.538. The first-order valence-corrected chi connectivity index (χ1v) is 7.38. The molecule has 0 aliphatic heterocycles. The van der Waals surface area contributed by atoms with Crippen molar-refractivity contribution >= 4 is 31.9 Å². The molecular formula is C13H19Br2NO2. The molecule has 0 aliphatic rings. The van der Waals surface area contributed by atoms with Crippen LogP contribution in [-0.2, 0) is 11.3 Å². The molecule has 18 heavy (non-hydrogen) atoms. The molecule has 0 saturated carbocycles. The molecule has 3 nitrogen and oxygen atoms in total. The van der Waals surface area contributed by atoms with Gasteiger partial charge < -0.3 is 14.8 Å². The average molecular weight is 381 g/mol. The van der Waals surface area contributed by atoms with Gasteiger partial charge in [-0.05, 0) is 34.0 Å². The quantitative estimate of drug-likeness (QED) is 0.783. The third kappa shape index (κ3) is 4.88. The van der Waals surface area contributed by atoms with Crippen LogP contribution in [0.25, 0.3) is 0 Å². The van der Waals surface area contributed by atoms with Gasteiger partial charge in [0.15, 0.2) is 0 Å². The van der Waals surface area contributed by atoms with Gasteiger partial charge >= 0.3 is 0 Å². The Morgan fingerprint density at radius 3 is 2.61 bits per heavy atom. The summed E-state index contributed by atoms with van der Waals surface area (Å²) >= 11 is 6.99. The lowest BCUT2D eigenvalue weighted by molar-refractivity contribution is 0.158. The lowest BCUT2D eigenvalue weighted by atomic mass is 10.1. The minimum Gasteiger partial charge on any atom is -0.495 e. The smallest absolute Gasteiger partial charge is 0.137 e. The number of halogens is 2. The van der Waals surface area contributed by atoms with Gasteiger partial charge in [-0.15, -0.1) is 0 Å². The summed E-state index contributed by atoms with van der Waals surface area (Å²) in [6.07, 6.45) is 0. The number of rotatable bonds is 7. The zero-order valence-electron chi connectivity index (χ0n) is 10.9. The minimum atomic E-state index is 0.497. The zero-order valence-corrected chi connectivity index (χ0v) is 14.1. The molecule has 0 spiro atoms. The van der Waals surface area contributed by atoms with Gasteiger partial charge in [0.1, 0.15) is 5.75 Å². The van der Waals surface area contributed by atoms with E-state index >= 15 is 0 Å². The highest BCUT2D eigenvalue weighted by Crippen LogP contribution is 2.32. The van der Waals surface area contributed by atoms with E-state index in [2.05, 4.69) is 50.2 Å². The second-order valence-corrected chi connectivity index (χ2v) is 6.04. The van der Waals surface area contributed by atoms with Crippen LogP contribution in [0.15, 0.2) is 21.1 Å². The summed E-state index contributed by atoms with van der Waals surface area (Å²) in [5.41, 5.74) is 1.13. The van der Waals surface area contributed by atoms with E-state index in [0.29, 0.717) is 5.92 Å². The highest BCUT2D eigenvalue weighted by molar-refractivity contribution is 9.11. The van der Waals surface area contributed by atoms with Crippen LogP contribution in [0.2, 0.25) is 0 Å². The first-order chi connectivity index (χ1) is 8.58. The molecule has 1 N–H and O–H groups in total. The van der Waals surface area contributed by atoms with Gasteiger partial charge in [0.25, 0.3) is 0 Å². The van der Waals surface area contributed by atoms with Gasteiger partial charge in [-0.25, -0.2) is 0 Å². The van der Waals surface area contributed by atoms with Crippen LogP contribution < -0.4 is 10.1 Å². The zero-order chi connectivity index (χ0) is 13.5. The van der Waals surface area contributed by atoms with E-state index in [9.17, 15) is 0 Å². The summed E-state index contributed by atoms with van der Waals surface area (Å²) < 4.78 is 12.5. The van der Waals surface area contributed by atoms with E-state index in [1.165, 1.54) is 0 Å². The van der Waals surface area contributed by atoms with Crippen LogP contribution in [0.3, 0.4) is 0 Å². The fourth-order valence-corrected chi connectivity index (χ4v) is 3.25. The second-order valence-electron chi connectivity index (χ2n) is 4.27. The van der Waals surface area contributed by atoms with Crippen LogP contribution in [0.1, 0.15) is 12.5 Å². The van der Waals surface area contributed by atoms with Gasteiger partial charge in [0.2, 0.25) is 0 Å². The molecule has 0 aliphatic carbocycles. The Labute approximate surface area is 125 Å². The van der Waals surface area contributed by atoms with Crippen molar-refractivity contribution in [2.75, 3.05) is 27.4 Å². The molecule has 0 radical (unpaired) electrons. The Balaban J connectivity index is 2.61. The highest BCUT2D eigenvalue weighted by Gasteiger charge is 2.09. The van der Waals surface area contributed by atoms with Crippen molar-refractivity contribution in [3.8, 4) is 5.75 Å². The number of benzene rings is 1. The Morgan fingerprint density at radius 2 is 2.00 bits per heavy atom.